The van der Waals surface area contributed by atoms with Crippen LogP contribution in [0.2, 0.25) is 0 Å². The van der Waals surface area contributed by atoms with Crippen LogP contribution in [-0.4, -0.2) is 50.3 Å². The van der Waals surface area contributed by atoms with Gasteiger partial charge < -0.3 is 24.6 Å². The van der Waals surface area contributed by atoms with Gasteiger partial charge in [0.25, 0.3) is 5.91 Å². The maximum absolute atomic E-state index is 12.6. The van der Waals surface area contributed by atoms with Gasteiger partial charge in [0.15, 0.2) is 18.0 Å². The van der Waals surface area contributed by atoms with Crippen molar-refractivity contribution in [3.63, 3.8) is 0 Å². The quantitative estimate of drug-likeness (QED) is 0.736. The van der Waals surface area contributed by atoms with E-state index in [0.717, 1.165) is 44.2 Å². The lowest BCUT2D eigenvalue weighted by Crippen LogP contribution is -3.13. The fourth-order valence-electron chi connectivity index (χ4n) is 3.89. The number of amides is 1. The molecule has 0 radical (unpaired) electrons. The summed E-state index contributed by atoms with van der Waals surface area (Å²) in [6, 6.07) is 16.8. The second-order valence-electron chi connectivity index (χ2n) is 7.63. The third-order valence-corrected chi connectivity index (χ3v) is 5.69. The number of benzene rings is 2. The molecule has 148 valence electrons. The zero-order valence-electron chi connectivity index (χ0n) is 16.4. The molecule has 2 aliphatic rings. The number of fused-ring (bicyclic) bond motifs is 1. The molecule has 2 heterocycles. The van der Waals surface area contributed by atoms with Crippen LogP contribution in [0.15, 0.2) is 48.5 Å². The van der Waals surface area contributed by atoms with Gasteiger partial charge in [0, 0.05) is 11.1 Å². The first-order valence-corrected chi connectivity index (χ1v) is 10.1. The van der Waals surface area contributed by atoms with Crippen LogP contribution in [-0.2, 0) is 11.3 Å². The van der Waals surface area contributed by atoms with Crippen molar-refractivity contribution < 1.29 is 24.5 Å². The van der Waals surface area contributed by atoms with Gasteiger partial charge in [-0.2, -0.15) is 0 Å². The Morgan fingerprint density at radius 3 is 2.64 bits per heavy atom. The molecule has 0 bridgehead atoms. The summed E-state index contributed by atoms with van der Waals surface area (Å²) in [5.41, 5.74) is 2.51. The highest BCUT2D eigenvalue weighted by molar-refractivity contribution is 5.77. The summed E-state index contributed by atoms with van der Waals surface area (Å²) in [6.45, 7) is 7.53. The number of quaternary nitrogens is 2. The highest BCUT2D eigenvalue weighted by atomic mass is 16.7. The Balaban J connectivity index is 1.22. The third-order valence-electron chi connectivity index (χ3n) is 5.69. The molecule has 0 aromatic heterocycles. The minimum absolute atomic E-state index is 0.241. The molecule has 1 saturated heterocycles. The minimum atomic E-state index is 0.241. The molecule has 2 aliphatic heterocycles. The molecule has 2 aromatic carbocycles. The van der Waals surface area contributed by atoms with E-state index < -0.39 is 0 Å². The number of ether oxygens (including phenoxy) is 2. The fraction of sp³-hybridized carbons (Fsp3) is 0.409. The van der Waals surface area contributed by atoms with Crippen LogP contribution in [0.25, 0.3) is 0 Å². The van der Waals surface area contributed by atoms with Crippen molar-refractivity contribution in [1.29, 1.82) is 0 Å². The highest BCUT2D eigenvalue weighted by Crippen LogP contribution is 2.32. The van der Waals surface area contributed by atoms with Crippen molar-refractivity contribution in [1.82, 2.24) is 4.90 Å². The number of carbonyl (C=O) groups is 1. The molecule has 1 fully saturated rings. The van der Waals surface area contributed by atoms with Crippen molar-refractivity contribution in [3.8, 4) is 11.5 Å². The predicted octanol–water partition coefficient (Wildman–Crippen LogP) is -0.0330. The van der Waals surface area contributed by atoms with Crippen molar-refractivity contribution >= 4 is 5.91 Å². The number of hydrogen-bond donors (Lipinski definition) is 2. The Bertz CT molecular complexity index is 804. The normalized spacial score (nSPS) is 17.5. The standard InChI is InChI=1S/C22H27N3O3/c1-17(19-5-3-2-4-6-19)23-14-22(26)25-11-9-24(10-12-25)15-18-7-8-20-21(13-18)28-16-27-20/h2-8,13,17,23H,9-12,14-16H2,1H3/p+2/t17-/m1/s1. The summed E-state index contributed by atoms with van der Waals surface area (Å²) in [5, 5.41) is 2.13. The third kappa shape index (κ3) is 4.46. The van der Waals surface area contributed by atoms with Crippen LogP contribution in [0, 0.1) is 0 Å². The Labute approximate surface area is 166 Å². The second-order valence-corrected chi connectivity index (χ2v) is 7.63. The number of nitrogens with one attached hydrogen (secondary N) is 1. The number of carbonyl (C=O) groups excluding carboxylic acids is 1. The molecule has 4 rings (SSSR count). The Morgan fingerprint density at radius 2 is 1.86 bits per heavy atom. The van der Waals surface area contributed by atoms with Crippen molar-refractivity contribution in [2.75, 3.05) is 39.5 Å². The summed E-state index contributed by atoms with van der Waals surface area (Å²) in [6.07, 6.45) is 0. The molecule has 1 atom stereocenters. The van der Waals surface area contributed by atoms with Crippen LogP contribution in [0.3, 0.4) is 0 Å². The van der Waals surface area contributed by atoms with Crippen LogP contribution < -0.4 is 19.7 Å². The molecule has 6 heteroatoms. The number of rotatable bonds is 6. The lowest BCUT2D eigenvalue weighted by Gasteiger charge is -2.32. The Kier molecular flexibility index (Phi) is 5.78. The van der Waals surface area contributed by atoms with Gasteiger partial charge in [0.2, 0.25) is 6.79 Å². The first-order chi connectivity index (χ1) is 13.7. The average Bonchev–Trinajstić information content (AvgIpc) is 3.21. The summed E-state index contributed by atoms with van der Waals surface area (Å²) in [4.78, 5) is 16.1. The lowest BCUT2D eigenvalue weighted by atomic mass is 10.1. The van der Waals surface area contributed by atoms with Gasteiger partial charge in [0.1, 0.15) is 12.6 Å². The highest BCUT2D eigenvalue weighted by Gasteiger charge is 2.25. The van der Waals surface area contributed by atoms with E-state index in [4.69, 9.17) is 9.47 Å². The molecule has 3 N–H and O–H groups in total. The van der Waals surface area contributed by atoms with E-state index in [9.17, 15) is 4.79 Å². The van der Waals surface area contributed by atoms with Gasteiger partial charge in [-0.05, 0) is 25.1 Å². The van der Waals surface area contributed by atoms with E-state index in [1.807, 2.05) is 29.2 Å². The molecule has 0 aliphatic carbocycles. The SMILES string of the molecule is C[C@@H]([NH2+]CC(=O)N1CC[NH+](Cc2ccc3c(c2)OCO3)CC1)c1ccccc1. The van der Waals surface area contributed by atoms with E-state index in [-0.39, 0.29) is 5.91 Å². The van der Waals surface area contributed by atoms with Gasteiger partial charge in [-0.15, -0.1) is 0 Å². The molecule has 1 amide bonds. The molecule has 0 saturated carbocycles. The molecule has 2 aromatic rings. The van der Waals surface area contributed by atoms with Crippen molar-refractivity contribution in [2.24, 2.45) is 0 Å². The number of hydrogen-bond acceptors (Lipinski definition) is 3. The topological polar surface area (TPSA) is 59.8 Å². The summed E-state index contributed by atoms with van der Waals surface area (Å²) in [7, 11) is 0. The molecule has 28 heavy (non-hydrogen) atoms. The smallest absolute Gasteiger partial charge is 0.278 e. The first kappa shape index (κ1) is 18.8. The molecule has 6 nitrogen and oxygen atoms in total. The van der Waals surface area contributed by atoms with Crippen molar-refractivity contribution in [3.05, 3.63) is 59.7 Å². The predicted molar refractivity (Wildman–Crippen MR) is 105 cm³/mol. The monoisotopic (exact) mass is 383 g/mol. The Morgan fingerprint density at radius 1 is 1.11 bits per heavy atom. The van der Waals surface area contributed by atoms with E-state index >= 15 is 0 Å². The van der Waals surface area contributed by atoms with Gasteiger partial charge >= 0.3 is 0 Å². The first-order valence-electron chi connectivity index (χ1n) is 10.1. The van der Waals surface area contributed by atoms with Crippen LogP contribution in [0.5, 0.6) is 11.5 Å². The molecular weight excluding hydrogens is 354 g/mol. The number of piperazine rings is 1. The van der Waals surface area contributed by atoms with Crippen LogP contribution >= 0.6 is 0 Å². The van der Waals surface area contributed by atoms with Gasteiger partial charge in [0.05, 0.1) is 26.2 Å². The zero-order chi connectivity index (χ0) is 19.3. The van der Waals surface area contributed by atoms with E-state index in [1.165, 1.54) is 16.0 Å². The zero-order valence-corrected chi connectivity index (χ0v) is 16.4. The minimum Gasteiger partial charge on any atom is -0.454 e. The summed E-state index contributed by atoms with van der Waals surface area (Å²) < 4.78 is 10.8. The molecule has 0 unspecified atom stereocenters. The largest absolute Gasteiger partial charge is 0.454 e. The number of nitrogens with two attached hydrogens (primary N) is 1. The molecule has 0 spiro atoms. The molecular formula is C22H29N3O3+2. The Hall–Kier alpha value is -2.57. The van der Waals surface area contributed by atoms with E-state index in [1.54, 1.807) is 0 Å². The maximum Gasteiger partial charge on any atom is 0.278 e. The van der Waals surface area contributed by atoms with Gasteiger partial charge in [-0.25, -0.2) is 0 Å². The second kappa shape index (κ2) is 8.63. The lowest BCUT2D eigenvalue weighted by molar-refractivity contribution is -0.917. The summed E-state index contributed by atoms with van der Waals surface area (Å²) >= 11 is 0. The van der Waals surface area contributed by atoms with Crippen LogP contribution in [0.1, 0.15) is 24.1 Å². The fourth-order valence-corrected chi connectivity index (χ4v) is 3.89. The summed E-state index contributed by atoms with van der Waals surface area (Å²) in [5.74, 6) is 1.91. The average molecular weight is 383 g/mol. The van der Waals surface area contributed by atoms with E-state index in [0.29, 0.717) is 19.4 Å². The van der Waals surface area contributed by atoms with Crippen molar-refractivity contribution in [2.45, 2.75) is 19.5 Å². The van der Waals surface area contributed by atoms with Gasteiger partial charge in [-0.1, -0.05) is 30.3 Å². The maximum atomic E-state index is 12.6. The van der Waals surface area contributed by atoms with Crippen LogP contribution in [0.4, 0.5) is 0 Å². The van der Waals surface area contributed by atoms with Gasteiger partial charge in [-0.3, -0.25) is 4.79 Å². The van der Waals surface area contributed by atoms with E-state index in [2.05, 4.69) is 36.5 Å². The number of nitrogens with zero attached hydrogens (tertiary/aromatic N) is 1.